The van der Waals surface area contributed by atoms with Crippen molar-refractivity contribution in [3.8, 4) is 0 Å². The van der Waals surface area contributed by atoms with Crippen molar-refractivity contribution >= 4 is 24.0 Å². The Morgan fingerprint density at radius 3 is 2.48 bits per heavy atom. The maximum Gasteiger partial charge on any atom is 0.224 e. The number of amides is 1. The lowest BCUT2D eigenvalue weighted by molar-refractivity contribution is -0.117. The first-order valence-electron chi connectivity index (χ1n) is 7.57. The van der Waals surface area contributed by atoms with E-state index in [2.05, 4.69) is 37.5 Å². The summed E-state index contributed by atoms with van der Waals surface area (Å²) >= 11 is 0. The zero-order valence-corrected chi connectivity index (χ0v) is 14.1. The Morgan fingerprint density at radius 2 is 1.86 bits per heavy atom. The lowest BCUT2D eigenvalue weighted by atomic mass is 9.85. The highest BCUT2D eigenvalue weighted by Crippen LogP contribution is 2.29. The van der Waals surface area contributed by atoms with E-state index in [0.717, 1.165) is 31.6 Å². The number of para-hydroxylation sites is 1. The number of hydrogen-bond donors (Lipinski definition) is 2. The van der Waals surface area contributed by atoms with Crippen LogP contribution in [0.3, 0.4) is 0 Å². The van der Waals surface area contributed by atoms with Crippen LogP contribution < -0.4 is 10.6 Å². The Morgan fingerprint density at radius 1 is 1.24 bits per heavy atom. The van der Waals surface area contributed by atoms with Gasteiger partial charge < -0.3 is 10.6 Å². The maximum atomic E-state index is 12.2. The van der Waals surface area contributed by atoms with Crippen molar-refractivity contribution < 1.29 is 4.79 Å². The number of rotatable bonds is 3. The molecule has 0 atom stereocenters. The molecule has 118 valence electrons. The minimum atomic E-state index is 0. The van der Waals surface area contributed by atoms with Crippen molar-refractivity contribution in [2.24, 2.45) is 5.92 Å². The van der Waals surface area contributed by atoms with E-state index in [1.165, 1.54) is 5.56 Å². The number of carbonyl (C=O) groups is 1. The van der Waals surface area contributed by atoms with Gasteiger partial charge in [0.25, 0.3) is 0 Å². The Balaban J connectivity index is 0.00000220. The smallest absolute Gasteiger partial charge is 0.224 e. The summed E-state index contributed by atoms with van der Waals surface area (Å²) in [5.41, 5.74) is 2.19. The Hall–Kier alpha value is -1.06. The van der Waals surface area contributed by atoms with Crippen molar-refractivity contribution in [3.63, 3.8) is 0 Å². The normalized spacial score (nSPS) is 16.1. The van der Waals surface area contributed by atoms with Gasteiger partial charge in [-0.3, -0.25) is 4.79 Å². The molecule has 0 bridgehead atoms. The fourth-order valence-electron chi connectivity index (χ4n) is 2.80. The Kier molecular flexibility index (Phi) is 6.69. The van der Waals surface area contributed by atoms with Crippen LogP contribution in [-0.2, 0) is 10.2 Å². The molecule has 1 aliphatic heterocycles. The molecule has 1 saturated heterocycles. The number of carbonyl (C=O) groups excluding carboxylic acids is 1. The molecule has 1 aliphatic rings. The zero-order valence-electron chi connectivity index (χ0n) is 13.2. The highest BCUT2D eigenvalue weighted by molar-refractivity contribution is 5.91. The topological polar surface area (TPSA) is 41.1 Å². The van der Waals surface area contributed by atoms with Crippen LogP contribution >= 0.6 is 12.4 Å². The molecule has 3 nitrogen and oxygen atoms in total. The van der Waals surface area contributed by atoms with Gasteiger partial charge in [0.2, 0.25) is 5.91 Å². The first-order chi connectivity index (χ1) is 9.47. The molecule has 1 aromatic rings. The number of benzene rings is 1. The van der Waals surface area contributed by atoms with Crippen molar-refractivity contribution in [3.05, 3.63) is 29.8 Å². The molecule has 1 amide bonds. The van der Waals surface area contributed by atoms with Gasteiger partial charge in [-0.1, -0.05) is 39.0 Å². The summed E-state index contributed by atoms with van der Waals surface area (Å²) in [6.07, 6.45) is 2.85. The summed E-state index contributed by atoms with van der Waals surface area (Å²) in [6.45, 7) is 8.59. The first-order valence-corrected chi connectivity index (χ1v) is 7.57. The predicted octanol–water partition coefficient (Wildman–Crippen LogP) is 3.73. The third-order valence-electron chi connectivity index (χ3n) is 3.94. The molecule has 1 heterocycles. The van der Waals surface area contributed by atoms with E-state index in [-0.39, 0.29) is 23.7 Å². The van der Waals surface area contributed by atoms with Gasteiger partial charge in [-0.25, -0.2) is 0 Å². The summed E-state index contributed by atoms with van der Waals surface area (Å²) in [4.78, 5) is 12.2. The summed E-state index contributed by atoms with van der Waals surface area (Å²) in [5, 5.41) is 6.44. The highest BCUT2D eigenvalue weighted by Gasteiger charge is 2.20. The number of hydrogen-bond acceptors (Lipinski definition) is 2. The molecule has 21 heavy (non-hydrogen) atoms. The van der Waals surface area contributed by atoms with Crippen LogP contribution in [0.5, 0.6) is 0 Å². The fraction of sp³-hybridized carbons (Fsp3) is 0.588. The van der Waals surface area contributed by atoms with Gasteiger partial charge in [0.05, 0.1) is 0 Å². The van der Waals surface area contributed by atoms with Crippen LogP contribution in [0.4, 0.5) is 5.69 Å². The minimum Gasteiger partial charge on any atom is -0.326 e. The second-order valence-corrected chi connectivity index (χ2v) is 6.74. The molecule has 0 aliphatic carbocycles. The van der Waals surface area contributed by atoms with Crippen molar-refractivity contribution in [2.75, 3.05) is 18.4 Å². The van der Waals surface area contributed by atoms with Crippen LogP contribution in [0.15, 0.2) is 24.3 Å². The average molecular weight is 311 g/mol. The van der Waals surface area contributed by atoms with Crippen LogP contribution in [0.1, 0.15) is 45.6 Å². The maximum absolute atomic E-state index is 12.2. The van der Waals surface area contributed by atoms with Crippen LogP contribution in [0.2, 0.25) is 0 Å². The molecule has 0 radical (unpaired) electrons. The van der Waals surface area contributed by atoms with E-state index in [1.54, 1.807) is 0 Å². The van der Waals surface area contributed by atoms with E-state index in [4.69, 9.17) is 0 Å². The van der Waals surface area contributed by atoms with Gasteiger partial charge in [0.1, 0.15) is 0 Å². The third-order valence-corrected chi connectivity index (χ3v) is 3.94. The largest absolute Gasteiger partial charge is 0.326 e. The highest BCUT2D eigenvalue weighted by atomic mass is 35.5. The first kappa shape index (κ1) is 18.0. The Labute approximate surface area is 134 Å². The standard InChI is InChI=1S/C17H26N2O.ClH/c1-17(2,3)14-6-4-5-7-15(14)19-16(20)12-13-8-10-18-11-9-13;/h4-7,13,18H,8-12H2,1-3H3,(H,19,20);1H. The summed E-state index contributed by atoms with van der Waals surface area (Å²) in [5.74, 6) is 0.673. The minimum absolute atomic E-state index is 0. The molecule has 1 aromatic carbocycles. The predicted molar refractivity (Wildman–Crippen MR) is 91.2 cm³/mol. The lowest BCUT2D eigenvalue weighted by Gasteiger charge is -2.25. The molecule has 0 saturated carbocycles. The number of nitrogens with one attached hydrogen (secondary N) is 2. The monoisotopic (exact) mass is 310 g/mol. The van der Waals surface area contributed by atoms with E-state index in [0.29, 0.717) is 12.3 Å². The number of piperidine rings is 1. The molecule has 4 heteroatoms. The quantitative estimate of drug-likeness (QED) is 0.893. The van der Waals surface area contributed by atoms with Crippen LogP contribution in [0.25, 0.3) is 0 Å². The van der Waals surface area contributed by atoms with Gasteiger partial charge in [0, 0.05) is 12.1 Å². The van der Waals surface area contributed by atoms with Gasteiger partial charge in [-0.15, -0.1) is 12.4 Å². The number of halogens is 1. The van der Waals surface area contributed by atoms with Crippen LogP contribution in [0, 0.1) is 5.92 Å². The second-order valence-electron chi connectivity index (χ2n) is 6.74. The van der Waals surface area contributed by atoms with Gasteiger partial charge in [0.15, 0.2) is 0 Å². The molecule has 0 unspecified atom stereocenters. The Bertz CT molecular complexity index is 462. The molecular weight excluding hydrogens is 284 g/mol. The fourth-order valence-corrected chi connectivity index (χ4v) is 2.80. The molecule has 2 rings (SSSR count). The SMILES string of the molecule is CC(C)(C)c1ccccc1NC(=O)CC1CCNCC1.Cl. The van der Waals surface area contributed by atoms with Crippen molar-refractivity contribution in [1.82, 2.24) is 5.32 Å². The molecule has 2 N–H and O–H groups in total. The second kappa shape index (κ2) is 7.81. The van der Waals surface area contributed by atoms with Gasteiger partial charge >= 0.3 is 0 Å². The zero-order chi connectivity index (χ0) is 14.6. The van der Waals surface area contributed by atoms with Crippen LogP contribution in [-0.4, -0.2) is 19.0 Å². The third kappa shape index (κ3) is 5.33. The van der Waals surface area contributed by atoms with Crippen molar-refractivity contribution in [1.29, 1.82) is 0 Å². The summed E-state index contributed by atoms with van der Waals surface area (Å²) in [6, 6.07) is 8.11. The lowest BCUT2D eigenvalue weighted by Crippen LogP contribution is -2.30. The van der Waals surface area contributed by atoms with E-state index >= 15 is 0 Å². The summed E-state index contributed by atoms with van der Waals surface area (Å²) < 4.78 is 0. The van der Waals surface area contributed by atoms with E-state index < -0.39 is 0 Å². The number of anilines is 1. The van der Waals surface area contributed by atoms with Gasteiger partial charge in [-0.2, -0.15) is 0 Å². The van der Waals surface area contributed by atoms with E-state index in [1.807, 2.05) is 18.2 Å². The molecular formula is C17H27ClN2O. The summed E-state index contributed by atoms with van der Waals surface area (Å²) in [7, 11) is 0. The van der Waals surface area contributed by atoms with E-state index in [9.17, 15) is 4.79 Å². The molecule has 1 fully saturated rings. The van der Waals surface area contributed by atoms with Crippen molar-refractivity contribution in [2.45, 2.75) is 45.4 Å². The average Bonchev–Trinajstić information content (AvgIpc) is 2.39. The molecule has 0 aromatic heterocycles. The van der Waals surface area contributed by atoms with Gasteiger partial charge in [-0.05, 0) is 48.9 Å². The molecule has 0 spiro atoms.